The van der Waals surface area contributed by atoms with Crippen molar-refractivity contribution in [2.45, 2.75) is 18.4 Å². The highest BCUT2D eigenvalue weighted by Crippen LogP contribution is 2.67. The number of hydrogen-bond donors (Lipinski definition) is 1. The van der Waals surface area contributed by atoms with E-state index in [0.717, 1.165) is 0 Å². The number of Topliss-reactive ketones (excluding diaryl/α,β-unsaturated/α-hetero) is 1. The Morgan fingerprint density at radius 2 is 2.12 bits per heavy atom. The monoisotopic (exact) mass is 250 g/mol. The van der Waals surface area contributed by atoms with Crippen LogP contribution < -0.4 is 0 Å². The summed E-state index contributed by atoms with van der Waals surface area (Å²) in [7, 11) is 0. The molecule has 0 amide bonds. The fraction of sp³-hybridized carbons (Fsp3) is 0.643. The van der Waals surface area contributed by atoms with E-state index >= 15 is 0 Å². The SMILES string of the molecule is O=C1[C@H]2C=C[C@H]([C@H]3[C@@H]2C=CC32CC2)[C@@]1(O)CCl. The van der Waals surface area contributed by atoms with Crippen molar-refractivity contribution in [3.63, 3.8) is 0 Å². The second-order valence-corrected chi connectivity index (χ2v) is 6.32. The summed E-state index contributed by atoms with van der Waals surface area (Å²) >= 11 is 5.89. The quantitative estimate of drug-likeness (QED) is 0.570. The normalized spacial score (nSPS) is 52.2. The molecule has 0 aromatic rings. The van der Waals surface area contributed by atoms with Crippen LogP contribution >= 0.6 is 11.6 Å². The highest BCUT2D eigenvalue weighted by molar-refractivity contribution is 6.21. The lowest BCUT2D eigenvalue weighted by molar-refractivity contribution is -0.156. The Kier molecular flexibility index (Phi) is 1.74. The van der Waals surface area contributed by atoms with Crippen LogP contribution in [-0.4, -0.2) is 22.4 Å². The zero-order valence-electron chi connectivity index (χ0n) is 9.47. The molecule has 2 fully saturated rings. The van der Waals surface area contributed by atoms with Crippen LogP contribution in [0.4, 0.5) is 0 Å². The lowest BCUT2D eigenvalue weighted by Gasteiger charge is -2.51. The van der Waals surface area contributed by atoms with Crippen LogP contribution in [0.5, 0.6) is 0 Å². The highest BCUT2D eigenvalue weighted by atomic mass is 35.5. The Bertz CT molecular complexity index is 463. The molecule has 2 saturated carbocycles. The number of halogens is 1. The molecule has 5 atom stereocenters. The summed E-state index contributed by atoms with van der Waals surface area (Å²) < 4.78 is 0. The maximum Gasteiger partial charge on any atom is 0.173 e. The van der Waals surface area contributed by atoms with E-state index in [1.54, 1.807) is 0 Å². The molecule has 0 aromatic carbocycles. The molecule has 1 spiro atoms. The molecule has 2 nitrogen and oxygen atoms in total. The van der Waals surface area contributed by atoms with E-state index in [9.17, 15) is 9.90 Å². The summed E-state index contributed by atoms with van der Waals surface area (Å²) in [6, 6.07) is 0. The first-order valence-corrected chi connectivity index (χ1v) is 6.86. The van der Waals surface area contributed by atoms with E-state index in [-0.39, 0.29) is 28.9 Å². The zero-order valence-corrected chi connectivity index (χ0v) is 10.2. The third-order valence-corrected chi connectivity index (χ3v) is 5.78. The molecule has 5 rings (SSSR count). The predicted octanol–water partition coefficient (Wildman–Crippen LogP) is 1.92. The van der Waals surface area contributed by atoms with Gasteiger partial charge in [0.1, 0.15) is 5.60 Å². The number of allylic oxidation sites excluding steroid dienone is 3. The van der Waals surface area contributed by atoms with Gasteiger partial charge in [-0.1, -0.05) is 24.3 Å². The first-order valence-electron chi connectivity index (χ1n) is 6.33. The first-order chi connectivity index (χ1) is 8.12. The summed E-state index contributed by atoms with van der Waals surface area (Å²) in [4.78, 5) is 12.3. The fourth-order valence-corrected chi connectivity index (χ4v) is 4.62. The Balaban J connectivity index is 1.85. The summed E-state index contributed by atoms with van der Waals surface area (Å²) in [6.07, 6.45) is 10.9. The summed E-state index contributed by atoms with van der Waals surface area (Å²) in [5, 5.41) is 10.6. The molecule has 0 saturated heterocycles. The van der Waals surface area contributed by atoms with Gasteiger partial charge in [0, 0.05) is 11.8 Å². The van der Waals surface area contributed by atoms with Crippen molar-refractivity contribution in [2.75, 3.05) is 5.88 Å². The second-order valence-electron chi connectivity index (χ2n) is 6.05. The maximum absolute atomic E-state index is 12.3. The van der Waals surface area contributed by atoms with Crippen LogP contribution in [0.1, 0.15) is 12.8 Å². The number of ketones is 1. The second kappa shape index (κ2) is 2.86. The Morgan fingerprint density at radius 3 is 2.76 bits per heavy atom. The number of hydrogen-bond acceptors (Lipinski definition) is 2. The summed E-state index contributed by atoms with van der Waals surface area (Å²) in [5.74, 6) is 0.437. The van der Waals surface area contributed by atoms with Gasteiger partial charge in [0.15, 0.2) is 5.78 Å². The lowest BCUT2D eigenvalue weighted by Crippen LogP contribution is -2.62. The number of carbonyl (C=O) groups is 1. The first kappa shape index (κ1) is 10.3. The van der Waals surface area contributed by atoms with Gasteiger partial charge >= 0.3 is 0 Å². The molecule has 2 bridgehead atoms. The minimum atomic E-state index is -1.32. The Morgan fingerprint density at radius 1 is 1.35 bits per heavy atom. The average molecular weight is 251 g/mol. The third-order valence-electron chi connectivity index (χ3n) is 5.37. The van der Waals surface area contributed by atoms with Crippen LogP contribution in [0.15, 0.2) is 24.3 Å². The predicted molar refractivity (Wildman–Crippen MR) is 64.6 cm³/mol. The molecule has 5 aliphatic carbocycles. The molecule has 0 radical (unpaired) electrons. The summed E-state index contributed by atoms with van der Waals surface area (Å²) in [5.41, 5.74) is -1.04. The van der Waals surface area contributed by atoms with Gasteiger partial charge in [-0.15, -0.1) is 11.6 Å². The average Bonchev–Trinajstić information content (AvgIpc) is 3.02. The van der Waals surface area contributed by atoms with E-state index in [2.05, 4.69) is 12.2 Å². The van der Waals surface area contributed by atoms with Crippen LogP contribution in [0.3, 0.4) is 0 Å². The minimum absolute atomic E-state index is 0.0244. The molecule has 1 N–H and O–H groups in total. The van der Waals surface area contributed by atoms with E-state index in [0.29, 0.717) is 11.8 Å². The lowest BCUT2D eigenvalue weighted by atomic mass is 9.54. The third kappa shape index (κ3) is 1.01. The molecule has 0 aromatic heterocycles. The Hall–Kier alpha value is -0.600. The van der Waals surface area contributed by atoms with E-state index in [1.165, 1.54) is 12.8 Å². The van der Waals surface area contributed by atoms with Gasteiger partial charge in [-0.3, -0.25) is 4.79 Å². The van der Waals surface area contributed by atoms with Crippen LogP contribution in [0.2, 0.25) is 0 Å². The smallest absolute Gasteiger partial charge is 0.173 e. The maximum atomic E-state index is 12.3. The summed E-state index contributed by atoms with van der Waals surface area (Å²) in [6.45, 7) is 0. The molecule has 0 unspecified atom stereocenters. The largest absolute Gasteiger partial charge is 0.380 e. The Labute approximate surface area is 105 Å². The van der Waals surface area contributed by atoms with Gasteiger partial charge in [-0.2, -0.15) is 0 Å². The molecular weight excluding hydrogens is 236 g/mol. The molecular formula is C14H15ClO2. The van der Waals surface area contributed by atoms with Crippen molar-refractivity contribution >= 4 is 17.4 Å². The molecule has 0 aliphatic heterocycles. The number of alkyl halides is 1. The van der Waals surface area contributed by atoms with Gasteiger partial charge in [0.05, 0.1) is 5.88 Å². The van der Waals surface area contributed by atoms with Gasteiger partial charge in [0.2, 0.25) is 0 Å². The molecule has 90 valence electrons. The topological polar surface area (TPSA) is 37.3 Å². The number of fused-ring (bicyclic) bond motifs is 1. The van der Waals surface area contributed by atoms with Crippen molar-refractivity contribution in [1.82, 2.24) is 0 Å². The molecule has 17 heavy (non-hydrogen) atoms. The van der Waals surface area contributed by atoms with Gasteiger partial charge in [0.25, 0.3) is 0 Å². The van der Waals surface area contributed by atoms with Gasteiger partial charge < -0.3 is 5.11 Å². The van der Waals surface area contributed by atoms with E-state index in [4.69, 9.17) is 11.6 Å². The van der Waals surface area contributed by atoms with Crippen LogP contribution in [0.25, 0.3) is 0 Å². The van der Waals surface area contributed by atoms with Crippen LogP contribution in [-0.2, 0) is 4.79 Å². The van der Waals surface area contributed by atoms with Gasteiger partial charge in [-0.25, -0.2) is 0 Å². The number of rotatable bonds is 1. The number of aliphatic hydroxyl groups is 1. The minimum Gasteiger partial charge on any atom is -0.380 e. The van der Waals surface area contributed by atoms with E-state index in [1.807, 2.05) is 12.2 Å². The molecule has 5 aliphatic rings. The highest BCUT2D eigenvalue weighted by Gasteiger charge is 2.67. The van der Waals surface area contributed by atoms with Crippen molar-refractivity contribution in [3.8, 4) is 0 Å². The zero-order chi connectivity index (χ0) is 11.8. The number of carbonyl (C=O) groups excluding carboxylic acids is 1. The standard InChI is InChI=1S/C14H15ClO2/c15-7-14(17)10-2-1-9(12(14)16)8-3-4-13(5-6-13)11(8)10/h1-4,8-11,17H,5-7H2/t8-,9+,10-,11-,14+/m1/s1. The van der Waals surface area contributed by atoms with Crippen molar-refractivity contribution in [2.24, 2.45) is 29.1 Å². The molecule has 0 heterocycles. The van der Waals surface area contributed by atoms with Crippen LogP contribution in [0, 0.1) is 29.1 Å². The van der Waals surface area contributed by atoms with Gasteiger partial charge in [-0.05, 0) is 30.1 Å². The molecule has 3 heteroatoms. The van der Waals surface area contributed by atoms with E-state index < -0.39 is 5.60 Å². The van der Waals surface area contributed by atoms with Crippen molar-refractivity contribution in [3.05, 3.63) is 24.3 Å². The van der Waals surface area contributed by atoms with Crippen molar-refractivity contribution < 1.29 is 9.90 Å². The van der Waals surface area contributed by atoms with Crippen molar-refractivity contribution in [1.29, 1.82) is 0 Å². The fourth-order valence-electron chi connectivity index (χ4n) is 4.31.